The smallest absolute Gasteiger partial charge is 0.309 e. The Morgan fingerprint density at radius 3 is 2.40 bits per heavy atom. The Balaban J connectivity index is 1.82. The van der Waals surface area contributed by atoms with Crippen molar-refractivity contribution in [2.45, 2.75) is 24.7 Å². The van der Waals surface area contributed by atoms with Gasteiger partial charge >= 0.3 is 5.97 Å². The second-order valence-electron chi connectivity index (χ2n) is 5.35. The van der Waals surface area contributed by atoms with Crippen LogP contribution in [0.1, 0.15) is 19.8 Å². The van der Waals surface area contributed by atoms with Crippen molar-refractivity contribution in [3.05, 3.63) is 30.3 Å². The van der Waals surface area contributed by atoms with Gasteiger partial charge in [0.2, 0.25) is 5.91 Å². The van der Waals surface area contributed by atoms with Crippen molar-refractivity contribution in [3.8, 4) is 0 Å². The molecule has 0 radical (unpaired) electrons. The number of carboxylic acid groups (broad SMARTS) is 1. The van der Waals surface area contributed by atoms with Crippen molar-refractivity contribution in [2.24, 2.45) is 5.41 Å². The van der Waals surface area contributed by atoms with Crippen LogP contribution in [0.15, 0.2) is 35.2 Å². The predicted molar refractivity (Wildman–Crippen MR) is 78.7 cm³/mol. The van der Waals surface area contributed by atoms with Gasteiger partial charge in [-0.3, -0.25) is 9.59 Å². The first kappa shape index (κ1) is 14.9. The summed E-state index contributed by atoms with van der Waals surface area (Å²) < 4.78 is 0. The number of aliphatic carboxylic acids is 1. The number of nitrogens with zero attached hydrogens (tertiary/aromatic N) is 1. The van der Waals surface area contributed by atoms with Gasteiger partial charge in [0, 0.05) is 18.0 Å². The van der Waals surface area contributed by atoms with E-state index in [0.29, 0.717) is 31.7 Å². The van der Waals surface area contributed by atoms with Gasteiger partial charge in [-0.25, -0.2) is 0 Å². The molecule has 1 N–H and O–H groups in total. The molecule has 0 aromatic heterocycles. The molecule has 20 heavy (non-hydrogen) atoms. The minimum atomic E-state index is -0.761. The molecule has 0 bridgehead atoms. The summed E-state index contributed by atoms with van der Waals surface area (Å²) >= 11 is 1.52. The summed E-state index contributed by atoms with van der Waals surface area (Å²) in [6.07, 6.45) is 1.06. The second kappa shape index (κ2) is 6.31. The number of likely N-dealkylation sites (tertiary alicyclic amines) is 1. The molecule has 0 aliphatic carbocycles. The number of amides is 1. The zero-order valence-electron chi connectivity index (χ0n) is 11.5. The van der Waals surface area contributed by atoms with Crippen molar-refractivity contribution in [2.75, 3.05) is 18.8 Å². The van der Waals surface area contributed by atoms with Gasteiger partial charge in [-0.15, -0.1) is 11.8 Å². The molecule has 1 aromatic carbocycles. The lowest BCUT2D eigenvalue weighted by Crippen LogP contribution is -2.45. The van der Waals surface area contributed by atoms with E-state index in [4.69, 9.17) is 5.11 Å². The van der Waals surface area contributed by atoms with Gasteiger partial charge in [0.05, 0.1) is 11.2 Å². The van der Waals surface area contributed by atoms with E-state index >= 15 is 0 Å². The molecule has 0 saturated carbocycles. The van der Waals surface area contributed by atoms with Crippen molar-refractivity contribution in [1.82, 2.24) is 4.90 Å². The van der Waals surface area contributed by atoms with Gasteiger partial charge in [0.25, 0.3) is 0 Å². The van der Waals surface area contributed by atoms with E-state index in [1.54, 1.807) is 11.8 Å². The minimum Gasteiger partial charge on any atom is -0.481 e. The molecule has 4 nitrogen and oxygen atoms in total. The van der Waals surface area contributed by atoms with E-state index in [1.165, 1.54) is 11.8 Å². The lowest BCUT2D eigenvalue weighted by molar-refractivity contribution is -0.152. The van der Waals surface area contributed by atoms with Gasteiger partial charge in [-0.1, -0.05) is 18.2 Å². The molecule has 1 aliphatic rings. The van der Waals surface area contributed by atoms with Gasteiger partial charge in [-0.05, 0) is 31.9 Å². The van der Waals surface area contributed by atoms with E-state index in [-0.39, 0.29) is 5.91 Å². The summed E-state index contributed by atoms with van der Waals surface area (Å²) in [6, 6.07) is 9.81. The summed E-state index contributed by atoms with van der Waals surface area (Å²) in [5.74, 6) is -0.261. The molecular formula is C15H19NO3S. The van der Waals surface area contributed by atoms with Crippen LogP contribution in [0, 0.1) is 5.41 Å². The molecule has 1 fully saturated rings. The van der Waals surface area contributed by atoms with Crippen LogP contribution in [0.3, 0.4) is 0 Å². The quantitative estimate of drug-likeness (QED) is 0.867. The van der Waals surface area contributed by atoms with Crippen molar-refractivity contribution in [3.63, 3.8) is 0 Å². The highest BCUT2D eigenvalue weighted by atomic mass is 32.2. The summed E-state index contributed by atoms with van der Waals surface area (Å²) in [6.45, 7) is 2.84. The highest BCUT2D eigenvalue weighted by molar-refractivity contribution is 8.00. The van der Waals surface area contributed by atoms with Gasteiger partial charge in [0.1, 0.15) is 0 Å². The summed E-state index contributed by atoms with van der Waals surface area (Å²) in [5.41, 5.74) is -0.677. The fourth-order valence-corrected chi connectivity index (χ4v) is 3.04. The summed E-state index contributed by atoms with van der Waals surface area (Å²) in [4.78, 5) is 26.1. The number of thioether (sulfide) groups is 1. The third-order valence-corrected chi connectivity index (χ3v) is 4.84. The Morgan fingerprint density at radius 1 is 1.25 bits per heavy atom. The topological polar surface area (TPSA) is 57.6 Å². The number of piperidine rings is 1. The lowest BCUT2D eigenvalue weighted by atomic mass is 9.80. The van der Waals surface area contributed by atoms with Crippen molar-refractivity contribution >= 4 is 23.6 Å². The first-order valence-electron chi connectivity index (χ1n) is 6.70. The zero-order chi connectivity index (χ0) is 14.6. The molecule has 0 unspecified atom stereocenters. The maximum absolute atomic E-state index is 12.1. The first-order valence-corrected chi connectivity index (χ1v) is 7.69. The fraction of sp³-hybridized carbons (Fsp3) is 0.467. The molecule has 1 heterocycles. The number of hydrogen-bond acceptors (Lipinski definition) is 3. The molecule has 108 valence electrons. The number of carbonyl (C=O) groups is 2. The molecule has 0 atom stereocenters. The van der Waals surface area contributed by atoms with E-state index in [0.717, 1.165) is 4.90 Å². The molecule has 5 heteroatoms. The molecule has 0 spiro atoms. The Kier molecular flexibility index (Phi) is 4.70. The van der Waals surface area contributed by atoms with Crippen LogP contribution in [0.4, 0.5) is 0 Å². The van der Waals surface area contributed by atoms with Crippen LogP contribution in [0.5, 0.6) is 0 Å². The van der Waals surface area contributed by atoms with Crippen LogP contribution >= 0.6 is 11.8 Å². The third-order valence-electron chi connectivity index (χ3n) is 3.84. The maximum atomic E-state index is 12.1. The largest absolute Gasteiger partial charge is 0.481 e. The van der Waals surface area contributed by atoms with Crippen molar-refractivity contribution < 1.29 is 14.7 Å². The number of carboxylic acids is 1. The number of carbonyl (C=O) groups excluding carboxylic acids is 1. The van der Waals surface area contributed by atoms with Gasteiger partial charge in [-0.2, -0.15) is 0 Å². The normalized spacial score (nSPS) is 17.8. The monoisotopic (exact) mass is 293 g/mol. The van der Waals surface area contributed by atoms with Gasteiger partial charge in [0.15, 0.2) is 0 Å². The Bertz CT molecular complexity index is 481. The number of hydrogen-bond donors (Lipinski definition) is 1. The van der Waals surface area contributed by atoms with E-state index in [9.17, 15) is 9.59 Å². The van der Waals surface area contributed by atoms with Crippen LogP contribution in [-0.4, -0.2) is 40.7 Å². The molecular weight excluding hydrogens is 274 g/mol. The highest BCUT2D eigenvalue weighted by Gasteiger charge is 2.37. The van der Waals surface area contributed by atoms with Crippen LogP contribution in [0.25, 0.3) is 0 Å². The maximum Gasteiger partial charge on any atom is 0.309 e. The van der Waals surface area contributed by atoms with Crippen molar-refractivity contribution in [1.29, 1.82) is 0 Å². The standard InChI is InChI=1S/C15H19NO3S/c1-15(14(18)19)7-9-16(10-8-15)13(17)11-20-12-5-3-2-4-6-12/h2-6H,7-11H2,1H3,(H,18,19). The lowest BCUT2D eigenvalue weighted by Gasteiger charge is -2.36. The Morgan fingerprint density at radius 2 is 1.85 bits per heavy atom. The Labute approximate surface area is 123 Å². The predicted octanol–water partition coefficient (Wildman–Crippen LogP) is 2.49. The van der Waals surface area contributed by atoms with E-state index in [1.807, 2.05) is 30.3 Å². The molecule has 2 rings (SSSR count). The molecule has 1 saturated heterocycles. The Hall–Kier alpha value is -1.49. The fourth-order valence-electron chi connectivity index (χ4n) is 2.22. The van der Waals surface area contributed by atoms with Crippen LogP contribution in [0.2, 0.25) is 0 Å². The second-order valence-corrected chi connectivity index (χ2v) is 6.40. The highest BCUT2D eigenvalue weighted by Crippen LogP contribution is 2.31. The molecule has 1 amide bonds. The summed E-state index contributed by atoms with van der Waals surface area (Å²) in [5, 5.41) is 9.17. The van der Waals surface area contributed by atoms with Gasteiger partial charge < -0.3 is 10.0 Å². The summed E-state index contributed by atoms with van der Waals surface area (Å²) in [7, 11) is 0. The molecule has 1 aromatic rings. The SMILES string of the molecule is CC1(C(=O)O)CCN(C(=O)CSc2ccccc2)CC1. The minimum absolute atomic E-state index is 0.0892. The van der Waals surface area contributed by atoms with Crippen LogP contribution < -0.4 is 0 Å². The molecule has 1 aliphatic heterocycles. The van der Waals surface area contributed by atoms with E-state index < -0.39 is 11.4 Å². The average molecular weight is 293 g/mol. The number of rotatable bonds is 4. The third kappa shape index (κ3) is 3.54. The van der Waals surface area contributed by atoms with Crippen LogP contribution in [-0.2, 0) is 9.59 Å². The average Bonchev–Trinajstić information content (AvgIpc) is 2.46. The number of benzene rings is 1. The first-order chi connectivity index (χ1) is 9.51. The zero-order valence-corrected chi connectivity index (χ0v) is 12.4. The van der Waals surface area contributed by atoms with E-state index in [2.05, 4.69) is 0 Å².